The summed E-state index contributed by atoms with van der Waals surface area (Å²) >= 11 is 0. The van der Waals surface area contributed by atoms with Crippen LogP contribution in [0, 0.1) is 17.1 Å². The summed E-state index contributed by atoms with van der Waals surface area (Å²) in [4.78, 5) is 2.08. The quantitative estimate of drug-likeness (QED) is 0.160. The molecule has 3 heteroatoms. The summed E-state index contributed by atoms with van der Waals surface area (Å²) in [6, 6.07) is 70.9. The third-order valence-electron chi connectivity index (χ3n) is 10.9. The van der Waals surface area contributed by atoms with Gasteiger partial charge in [0.2, 0.25) is 0 Å². The van der Waals surface area contributed by atoms with E-state index >= 15 is 0 Å². The molecule has 0 fully saturated rings. The summed E-state index contributed by atoms with van der Waals surface area (Å²) in [6.07, 6.45) is 0. The highest BCUT2D eigenvalue weighted by Crippen LogP contribution is 2.47. The van der Waals surface area contributed by atoms with Gasteiger partial charge in [-0.3, -0.25) is 0 Å². The van der Waals surface area contributed by atoms with E-state index in [-0.39, 0.29) is 5.82 Å². The number of nitriles is 1. The average molecular weight is 717 g/mol. The van der Waals surface area contributed by atoms with E-state index in [1.165, 1.54) is 77.5 Å². The van der Waals surface area contributed by atoms with Crippen molar-refractivity contribution in [3.8, 4) is 39.4 Å². The van der Waals surface area contributed by atoms with Crippen molar-refractivity contribution in [2.45, 2.75) is 0 Å². The van der Waals surface area contributed by atoms with Crippen molar-refractivity contribution < 1.29 is 4.39 Å². The van der Waals surface area contributed by atoms with Crippen LogP contribution in [0.4, 0.5) is 21.5 Å². The van der Waals surface area contributed by atoms with Gasteiger partial charge in [-0.1, -0.05) is 133 Å². The molecule has 0 aliphatic carbocycles. The summed E-state index contributed by atoms with van der Waals surface area (Å²) in [5.74, 6) is -0.292. The standard InChI is InChI=1S/C53H33FN2/c54-40-24-30-43(31-25-40)56(41-26-19-35(34-55)20-27-41)42-28-21-36(22-29-42)39-23-32-50-51(33-39)53(47-18-8-12-38-10-2-4-14-45(38)47)49-16-6-5-15-48(49)52(50)46-17-7-11-37-9-1-3-13-44(37)46/h1-33H. The highest BCUT2D eigenvalue weighted by atomic mass is 19.1. The van der Waals surface area contributed by atoms with Gasteiger partial charge >= 0.3 is 0 Å². The molecule has 0 radical (unpaired) electrons. The molecule has 0 heterocycles. The number of hydrogen-bond acceptors (Lipinski definition) is 2. The fourth-order valence-corrected chi connectivity index (χ4v) is 8.35. The van der Waals surface area contributed by atoms with Gasteiger partial charge in [0, 0.05) is 17.1 Å². The molecule has 0 N–H and O–H groups in total. The first kappa shape index (κ1) is 33.1. The Morgan fingerprint density at radius 2 is 0.804 bits per heavy atom. The first-order valence-electron chi connectivity index (χ1n) is 18.8. The summed E-state index contributed by atoms with van der Waals surface area (Å²) in [6.45, 7) is 0. The van der Waals surface area contributed by atoms with Crippen molar-refractivity contribution in [1.29, 1.82) is 5.26 Å². The summed E-state index contributed by atoms with van der Waals surface area (Å²) in [5, 5.41) is 19.1. The van der Waals surface area contributed by atoms with E-state index in [4.69, 9.17) is 0 Å². The zero-order valence-corrected chi connectivity index (χ0v) is 30.3. The minimum Gasteiger partial charge on any atom is -0.311 e. The minimum atomic E-state index is -0.292. The lowest BCUT2D eigenvalue weighted by Gasteiger charge is -2.25. The van der Waals surface area contributed by atoms with Crippen molar-refractivity contribution in [1.82, 2.24) is 0 Å². The maximum Gasteiger partial charge on any atom is 0.123 e. The van der Waals surface area contributed by atoms with Crippen LogP contribution in [0.3, 0.4) is 0 Å². The van der Waals surface area contributed by atoms with Crippen LogP contribution in [-0.4, -0.2) is 0 Å². The van der Waals surface area contributed by atoms with Gasteiger partial charge in [-0.05, 0) is 143 Å². The number of anilines is 3. The Morgan fingerprint density at radius 1 is 0.375 bits per heavy atom. The number of benzene rings is 10. The molecule has 2 nitrogen and oxygen atoms in total. The topological polar surface area (TPSA) is 27.0 Å². The van der Waals surface area contributed by atoms with Gasteiger partial charge in [0.15, 0.2) is 0 Å². The van der Waals surface area contributed by atoms with Crippen molar-refractivity contribution in [3.05, 3.63) is 212 Å². The number of fused-ring (bicyclic) bond motifs is 4. The Kier molecular flexibility index (Phi) is 8.09. The van der Waals surface area contributed by atoms with Gasteiger partial charge in [0.25, 0.3) is 0 Å². The van der Waals surface area contributed by atoms with Crippen molar-refractivity contribution in [2.24, 2.45) is 0 Å². The average Bonchev–Trinajstić information content (AvgIpc) is 3.26. The van der Waals surface area contributed by atoms with Gasteiger partial charge in [0.05, 0.1) is 11.6 Å². The maximum absolute atomic E-state index is 14.0. The molecular weight excluding hydrogens is 684 g/mol. The minimum absolute atomic E-state index is 0.292. The molecular formula is C53H33FN2. The Labute approximate surface area is 324 Å². The lowest BCUT2D eigenvalue weighted by atomic mass is 9.83. The van der Waals surface area contributed by atoms with Gasteiger partial charge in [0.1, 0.15) is 5.82 Å². The largest absolute Gasteiger partial charge is 0.311 e. The Morgan fingerprint density at radius 3 is 1.36 bits per heavy atom. The molecule has 10 aromatic rings. The molecule has 10 aromatic carbocycles. The van der Waals surface area contributed by atoms with Crippen molar-refractivity contribution in [3.63, 3.8) is 0 Å². The van der Waals surface area contributed by atoms with E-state index in [1.807, 2.05) is 12.1 Å². The molecule has 0 atom stereocenters. The SMILES string of the molecule is N#Cc1ccc(N(c2ccc(F)cc2)c2ccc(-c3ccc4c(-c5cccc6ccccc56)c5ccccc5c(-c5cccc6ccccc56)c4c3)cc2)cc1. The first-order valence-corrected chi connectivity index (χ1v) is 18.8. The van der Waals surface area contributed by atoms with Crippen LogP contribution in [0.25, 0.3) is 76.5 Å². The molecule has 0 saturated carbocycles. The Bertz CT molecular complexity index is 3130. The Hall–Kier alpha value is -7.54. The first-order chi connectivity index (χ1) is 27.6. The number of nitrogens with zero attached hydrogens (tertiary/aromatic N) is 2. The lowest BCUT2D eigenvalue weighted by Crippen LogP contribution is -2.09. The van der Waals surface area contributed by atoms with Crippen molar-refractivity contribution in [2.75, 3.05) is 4.90 Å². The fraction of sp³-hybridized carbons (Fsp3) is 0. The zero-order chi connectivity index (χ0) is 37.6. The summed E-state index contributed by atoms with van der Waals surface area (Å²) in [7, 11) is 0. The highest BCUT2D eigenvalue weighted by Gasteiger charge is 2.20. The van der Waals surface area contributed by atoms with Crippen LogP contribution >= 0.6 is 0 Å². The van der Waals surface area contributed by atoms with E-state index in [2.05, 4.69) is 163 Å². The highest BCUT2D eigenvalue weighted by molar-refractivity contribution is 6.25. The molecule has 0 aromatic heterocycles. The van der Waals surface area contributed by atoms with Crippen LogP contribution in [-0.2, 0) is 0 Å². The van der Waals surface area contributed by atoms with Crippen LogP contribution in [0.15, 0.2) is 200 Å². The van der Waals surface area contributed by atoms with Gasteiger partial charge in [-0.25, -0.2) is 4.39 Å². The van der Waals surface area contributed by atoms with E-state index in [9.17, 15) is 9.65 Å². The molecule has 0 spiro atoms. The van der Waals surface area contributed by atoms with Crippen LogP contribution in [0.1, 0.15) is 5.56 Å². The fourth-order valence-electron chi connectivity index (χ4n) is 8.35. The van der Waals surface area contributed by atoms with Crippen LogP contribution in [0.5, 0.6) is 0 Å². The van der Waals surface area contributed by atoms with E-state index in [0.717, 1.165) is 28.2 Å². The Balaban J connectivity index is 1.20. The van der Waals surface area contributed by atoms with Gasteiger partial charge in [-0.15, -0.1) is 0 Å². The smallest absolute Gasteiger partial charge is 0.123 e. The normalized spacial score (nSPS) is 11.3. The predicted molar refractivity (Wildman–Crippen MR) is 232 cm³/mol. The second kappa shape index (κ2) is 13.7. The molecule has 0 amide bonds. The second-order valence-corrected chi connectivity index (χ2v) is 14.1. The third kappa shape index (κ3) is 5.64. The molecule has 10 rings (SSSR count). The monoisotopic (exact) mass is 716 g/mol. The molecule has 0 bridgehead atoms. The van der Waals surface area contributed by atoms with Gasteiger partial charge < -0.3 is 4.90 Å². The summed E-state index contributed by atoms with van der Waals surface area (Å²) in [5.41, 5.74) is 10.3. The molecule has 0 saturated heterocycles. The van der Waals surface area contributed by atoms with E-state index < -0.39 is 0 Å². The molecule has 56 heavy (non-hydrogen) atoms. The lowest BCUT2D eigenvalue weighted by molar-refractivity contribution is 0.628. The van der Waals surface area contributed by atoms with E-state index in [1.54, 1.807) is 24.3 Å². The summed E-state index contributed by atoms with van der Waals surface area (Å²) < 4.78 is 14.0. The number of halogens is 1. The molecule has 0 unspecified atom stereocenters. The maximum atomic E-state index is 14.0. The molecule has 0 aliphatic rings. The number of hydrogen-bond donors (Lipinski definition) is 0. The zero-order valence-electron chi connectivity index (χ0n) is 30.3. The van der Waals surface area contributed by atoms with Crippen LogP contribution in [0.2, 0.25) is 0 Å². The third-order valence-corrected chi connectivity index (χ3v) is 10.9. The second-order valence-electron chi connectivity index (χ2n) is 14.1. The van der Waals surface area contributed by atoms with Crippen molar-refractivity contribution >= 4 is 60.2 Å². The predicted octanol–water partition coefficient (Wildman–Crippen LogP) is 14.8. The van der Waals surface area contributed by atoms with E-state index in [0.29, 0.717) is 5.56 Å². The molecule has 0 aliphatic heterocycles. The van der Waals surface area contributed by atoms with Crippen LogP contribution < -0.4 is 4.90 Å². The number of rotatable bonds is 6. The molecule has 262 valence electrons. The van der Waals surface area contributed by atoms with Gasteiger partial charge in [-0.2, -0.15) is 5.26 Å².